The number of piperidine rings is 1. The van der Waals surface area contributed by atoms with E-state index in [1.807, 2.05) is 0 Å². The maximum Gasteiger partial charge on any atom is 0.138 e. The molecule has 26 heavy (non-hydrogen) atoms. The van der Waals surface area contributed by atoms with Crippen LogP contribution >= 0.6 is 0 Å². The molecule has 2 bridgehead atoms. The van der Waals surface area contributed by atoms with Gasteiger partial charge in [0.05, 0.1) is 5.69 Å². The zero-order valence-corrected chi connectivity index (χ0v) is 16.6. The van der Waals surface area contributed by atoms with Gasteiger partial charge in [-0.25, -0.2) is 0 Å². The predicted octanol–water partition coefficient (Wildman–Crippen LogP) is 5.12. The van der Waals surface area contributed by atoms with Gasteiger partial charge in [-0.3, -0.25) is 0 Å². The first-order valence-corrected chi connectivity index (χ1v) is 11.0. The van der Waals surface area contributed by atoms with Crippen LogP contribution in [0.1, 0.15) is 82.8 Å². The number of hydrogen-bond donors (Lipinski definition) is 3. The van der Waals surface area contributed by atoms with Crippen molar-refractivity contribution in [3.8, 4) is 5.75 Å². The van der Waals surface area contributed by atoms with Gasteiger partial charge in [0.15, 0.2) is 0 Å². The standard InChI is InChI=1S/C23H36N2O/c1-3-7-17(8-4-2)25-21-14-16-13-20-18-9-5-6-10-23(18,11-12-24-20)19(16)15-22(21)26/h14-15,17-18,20,24-26H,3-13H2,1-2H3/t18-,20+,23+/m1/s1. The van der Waals surface area contributed by atoms with Crippen molar-refractivity contribution in [3.63, 3.8) is 0 Å². The molecule has 3 nitrogen and oxygen atoms in total. The molecule has 1 saturated carbocycles. The Morgan fingerprint density at radius 3 is 2.77 bits per heavy atom. The Morgan fingerprint density at radius 1 is 1.19 bits per heavy atom. The van der Waals surface area contributed by atoms with Crippen LogP contribution in [-0.2, 0) is 11.8 Å². The van der Waals surface area contributed by atoms with Gasteiger partial charge in [-0.1, -0.05) is 39.5 Å². The van der Waals surface area contributed by atoms with Crippen molar-refractivity contribution in [2.24, 2.45) is 5.92 Å². The van der Waals surface area contributed by atoms with Crippen molar-refractivity contribution in [3.05, 3.63) is 23.3 Å². The summed E-state index contributed by atoms with van der Waals surface area (Å²) in [5, 5.41) is 18.3. The van der Waals surface area contributed by atoms with Crippen LogP contribution in [0.4, 0.5) is 5.69 Å². The normalized spacial score (nSPS) is 30.0. The number of anilines is 1. The molecule has 144 valence electrons. The van der Waals surface area contributed by atoms with Crippen molar-refractivity contribution in [2.45, 2.75) is 95.6 Å². The minimum Gasteiger partial charge on any atom is -0.506 e. The van der Waals surface area contributed by atoms with E-state index in [-0.39, 0.29) is 0 Å². The van der Waals surface area contributed by atoms with Crippen molar-refractivity contribution >= 4 is 5.69 Å². The molecule has 2 aliphatic carbocycles. The van der Waals surface area contributed by atoms with Crippen LogP contribution in [0.5, 0.6) is 5.75 Å². The minimum absolute atomic E-state index is 0.323. The van der Waals surface area contributed by atoms with Crippen LogP contribution in [0, 0.1) is 5.92 Å². The van der Waals surface area contributed by atoms with Gasteiger partial charge < -0.3 is 15.7 Å². The zero-order chi connectivity index (χ0) is 18.1. The van der Waals surface area contributed by atoms with Gasteiger partial charge in [-0.05, 0) is 74.2 Å². The fourth-order valence-electron chi connectivity index (χ4n) is 6.29. The number of phenolic OH excluding ortho intramolecular Hbond substituents is 1. The van der Waals surface area contributed by atoms with E-state index >= 15 is 0 Å². The number of rotatable bonds is 6. The van der Waals surface area contributed by atoms with Crippen molar-refractivity contribution in [2.75, 3.05) is 11.9 Å². The fraction of sp³-hybridized carbons (Fsp3) is 0.739. The maximum absolute atomic E-state index is 10.9. The Labute approximate surface area is 159 Å². The molecule has 1 heterocycles. The average Bonchev–Trinajstić information content (AvgIpc) is 2.64. The number of hydrogen-bond acceptors (Lipinski definition) is 3. The van der Waals surface area contributed by atoms with Crippen LogP contribution in [-0.4, -0.2) is 23.7 Å². The fourth-order valence-corrected chi connectivity index (χ4v) is 6.29. The molecule has 0 radical (unpaired) electrons. The third-order valence-electron chi connectivity index (χ3n) is 7.39. The molecule has 3 heteroatoms. The molecular formula is C23H36N2O. The predicted molar refractivity (Wildman–Crippen MR) is 109 cm³/mol. The lowest BCUT2D eigenvalue weighted by atomic mass is 9.53. The van der Waals surface area contributed by atoms with Crippen LogP contribution in [0.3, 0.4) is 0 Å². The van der Waals surface area contributed by atoms with Gasteiger partial charge in [-0.2, -0.15) is 0 Å². The number of benzene rings is 1. The highest BCUT2D eigenvalue weighted by molar-refractivity contribution is 5.62. The van der Waals surface area contributed by atoms with E-state index in [0.29, 0.717) is 23.2 Å². The Morgan fingerprint density at radius 2 is 2.00 bits per heavy atom. The zero-order valence-electron chi connectivity index (χ0n) is 16.6. The molecular weight excluding hydrogens is 320 g/mol. The summed E-state index contributed by atoms with van der Waals surface area (Å²) in [5.41, 5.74) is 4.24. The monoisotopic (exact) mass is 356 g/mol. The molecule has 0 amide bonds. The molecule has 1 saturated heterocycles. The van der Waals surface area contributed by atoms with Crippen LogP contribution in [0.2, 0.25) is 0 Å². The first-order chi connectivity index (χ1) is 12.7. The Bertz CT molecular complexity index is 633. The molecule has 2 fully saturated rings. The van der Waals surface area contributed by atoms with E-state index in [1.165, 1.54) is 68.9 Å². The van der Waals surface area contributed by atoms with Gasteiger partial charge in [0.1, 0.15) is 5.75 Å². The third kappa shape index (κ3) is 3.02. The number of aromatic hydroxyl groups is 1. The highest BCUT2D eigenvalue weighted by Gasteiger charge is 2.51. The van der Waals surface area contributed by atoms with E-state index in [0.717, 1.165) is 24.6 Å². The molecule has 0 spiro atoms. The summed E-state index contributed by atoms with van der Waals surface area (Å²) in [6, 6.07) is 5.54. The highest BCUT2D eigenvalue weighted by Crippen LogP contribution is 2.55. The summed E-state index contributed by atoms with van der Waals surface area (Å²) >= 11 is 0. The average molecular weight is 357 g/mol. The molecule has 1 aliphatic heterocycles. The van der Waals surface area contributed by atoms with Gasteiger partial charge in [0.25, 0.3) is 0 Å². The summed E-state index contributed by atoms with van der Waals surface area (Å²) in [6.45, 7) is 5.62. The SMILES string of the molecule is CCCC(CCC)Nc1cc2c(cc1O)[C@]13CCCC[C@@H]1[C@H](C2)NCC3. The molecule has 4 rings (SSSR count). The van der Waals surface area contributed by atoms with Crippen molar-refractivity contribution in [1.29, 1.82) is 0 Å². The molecule has 3 N–H and O–H groups in total. The summed E-state index contributed by atoms with van der Waals surface area (Å²) in [7, 11) is 0. The molecule has 1 aromatic rings. The lowest BCUT2D eigenvalue weighted by molar-refractivity contribution is 0.0796. The van der Waals surface area contributed by atoms with E-state index < -0.39 is 0 Å². The van der Waals surface area contributed by atoms with Crippen LogP contribution < -0.4 is 10.6 Å². The topological polar surface area (TPSA) is 44.3 Å². The summed E-state index contributed by atoms with van der Waals surface area (Å²) in [5.74, 6) is 1.24. The summed E-state index contributed by atoms with van der Waals surface area (Å²) in [6.07, 6.45) is 12.4. The first kappa shape index (κ1) is 18.2. The van der Waals surface area contributed by atoms with E-state index in [9.17, 15) is 5.11 Å². The number of fused-ring (bicyclic) bond motifs is 1. The van der Waals surface area contributed by atoms with Gasteiger partial charge in [-0.15, -0.1) is 0 Å². The Kier molecular flexibility index (Phi) is 5.18. The highest BCUT2D eigenvalue weighted by atomic mass is 16.3. The Balaban J connectivity index is 1.68. The second kappa shape index (κ2) is 7.42. The Hall–Kier alpha value is -1.22. The van der Waals surface area contributed by atoms with E-state index in [2.05, 4.69) is 36.6 Å². The summed E-state index contributed by atoms with van der Waals surface area (Å²) < 4.78 is 0. The van der Waals surface area contributed by atoms with Crippen LogP contribution in [0.25, 0.3) is 0 Å². The molecule has 0 aromatic heterocycles. The van der Waals surface area contributed by atoms with Gasteiger partial charge >= 0.3 is 0 Å². The second-order valence-corrected chi connectivity index (χ2v) is 8.97. The molecule has 3 aliphatic rings. The first-order valence-electron chi connectivity index (χ1n) is 11.0. The minimum atomic E-state index is 0.323. The molecule has 3 atom stereocenters. The van der Waals surface area contributed by atoms with Crippen LogP contribution in [0.15, 0.2) is 12.1 Å². The number of nitrogens with one attached hydrogen (secondary N) is 2. The largest absolute Gasteiger partial charge is 0.506 e. The quantitative estimate of drug-likeness (QED) is 0.620. The molecule has 1 aromatic carbocycles. The molecule has 0 unspecified atom stereocenters. The third-order valence-corrected chi connectivity index (χ3v) is 7.39. The lowest BCUT2D eigenvalue weighted by Crippen LogP contribution is -2.59. The van der Waals surface area contributed by atoms with E-state index in [1.54, 1.807) is 0 Å². The smallest absolute Gasteiger partial charge is 0.138 e. The van der Waals surface area contributed by atoms with Crippen molar-refractivity contribution < 1.29 is 5.11 Å². The maximum atomic E-state index is 10.9. The lowest BCUT2D eigenvalue weighted by Gasteiger charge is -2.56. The summed E-state index contributed by atoms with van der Waals surface area (Å²) in [4.78, 5) is 0. The number of phenols is 1. The van der Waals surface area contributed by atoms with Gasteiger partial charge in [0, 0.05) is 17.5 Å². The van der Waals surface area contributed by atoms with Gasteiger partial charge in [0.2, 0.25) is 0 Å². The second-order valence-electron chi connectivity index (χ2n) is 8.97. The van der Waals surface area contributed by atoms with E-state index in [4.69, 9.17) is 0 Å². The van der Waals surface area contributed by atoms with Crippen molar-refractivity contribution in [1.82, 2.24) is 5.32 Å².